The van der Waals surface area contributed by atoms with Crippen LogP contribution in [0.2, 0.25) is 0 Å². The van der Waals surface area contributed by atoms with Crippen LogP contribution in [0, 0.1) is 0 Å². The Hall–Kier alpha value is -8.14. The highest BCUT2D eigenvalue weighted by Crippen LogP contribution is 2.52. The van der Waals surface area contributed by atoms with Crippen molar-refractivity contribution in [3.63, 3.8) is 0 Å². The molecule has 14 rings (SSSR count). The standard InChI is InChI=1S/C67H53N3/c1-67(2)60-42-51(68(49-21-8-4-9-22-49)62-28-16-20-45-19-12-13-25-53(45)62)32-34-54(60)55-35-33-52(43-61(55)67)70-65-36-29-46(44-17-6-3-7-18-44)39-58(65)59-41-48(31-38-66(59)70)47-30-37-64-57(40-47)56-26-14-15-27-63(56)69(64)50-23-10-5-11-24-50/h4-5,8-16,19-44H,3,6-7,17-18H2,1-2H3. The van der Waals surface area contributed by atoms with Crippen molar-refractivity contribution in [1.82, 2.24) is 9.13 Å². The Kier molecular flexibility index (Phi) is 9.33. The molecule has 0 radical (unpaired) electrons. The van der Waals surface area contributed by atoms with Gasteiger partial charge in [-0.05, 0) is 160 Å². The normalized spacial score (nSPS) is 14.5. The number of nitrogens with zero attached hydrogens (tertiary/aromatic N) is 3. The third-order valence-corrected chi connectivity index (χ3v) is 16.1. The molecule has 2 heterocycles. The smallest absolute Gasteiger partial charge is 0.0541 e. The van der Waals surface area contributed by atoms with Crippen molar-refractivity contribution in [1.29, 1.82) is 0 Å². The van der Waals surface area contributed by atoms with Gasteiger partial charge in [-0.2, -0.15) is 0 Å². The van der Waals surface area contributed by atoms with E-state index in [9.17, 15) is 0 Å². The van der Waals surface area contributed by atoms with Crippen LogP contribution in [0.3, 0.4) is 0 Å². The summed E-state index contributed by atoms with van der Waals surface area (Å²) in [6.45, 7) is 4.83. The molecule has 336 valence electrons. The van der Waals surface area contributed by atoms with Crippen LogP contribution in [-0.4, -0.2) is 9.13 Å². The molecule has 0 spiro atoms. The Balaban J connectivity index is 0.902. The van der Waals surface area contributed by atoms with E-state index < -0.39 is 0 Å². The number of hydrogen-bond acceptors (Lipinski definition) is 1. The second-order valence-corrected chi connectivity index (χ2v) is 20.4. The van der Waals surface area contributed by atoms with E-state index in [1.54, 1.807) is 0 Å². The molecule has 70 heavy (non-hydrogen) atoms. The summed E-state index contributed by atoms with van der Waals surface area (Å²) in [7, 11) is 0. The summed E-state index contributed by atoms with van der Waals surface area (Å²) < 4.78 is 4.94. The SMILES string of the molecule is CC1(C)c2cc(N(c3ccccc3)c3cccc4ccccc34)ccc2-c2ccc(-n3c4ccc(-c5ccc6c(c5)c5ccccc5n6-c5ccccc5)cc4c4cc(C5CCCCC5)ccc43)cc21. The minimum Gasteiger partial charge on any atom is -0.310 e. The summed E-state index contributed by atoms with van der Waals surface area (Å²) in [6, 6.07) is 81.8. The summed E-state index contributed by atoms with van der Waals surface area (Å²) in [6.07, 6.45) is 6.55. The fourth-order valence-electron chi connectivity index (χ4n) is 12.6. The minimum atomic E-state index is -0.236. The molecule has 3 heteroatoms. The lowest BCUT2D eigenvalue weighted by Crippen LogP contribution is -2.17. The molecule has 0 N–H and O–H groups in total. The van der Waals surface area contributed by atoms with E-state index in [0.29, 0.717) is 5.92 Å². The Morgan fingerprint density at radius 1 is 0.400 bits per heavy atom. The lowest BCUT2D eigenvalue weighted by Gasteiger charge is -2.29. The van der Waals surface area contributed by atoms with Crippen LogP contribution in [0.25, 0.3) is 88.0 Å². The molecule has 10 aromatic carbocycles. The number of para-hydroxylation sites is 3. The van der Waals surface area contributed by atoms with Crippen LogP contribution in [0.15, 0.2) is 218 Å². The topological polar surface area (TPSA) is 13.1 Å². The van der Waals surface area contributed by atoms with Crippen molar-refractivity contribution in [2.45, 2.75) is 57.3 Å². The molecule has 1 saturated carbocycles. The maximum absolute atomic E-state index is 2.55. The van der Waals surface area contributed by atoms with Gasteiger partial charge in [0.05, 0.1) is 27.8 Å². The highest BCUT2D eigenvalue weighted by Gasteiger charge is 2.37. The molecule has 0 amide bonds. The van der Waals surface area contributed by atoms with E-state index in [1.807, 2.05) is 0 Å². The van der Waals surface area contributed by atoms with E-state index in [1.165, 1.54) is 142 Å². The highest BCUT2D eigenvalue weighted by atomic mass is 15.1. The van der Waals surface area contributed by atoms with Gasteiger partial charge in [-0.1, -0.05) is 154 Å². The predicted molar refractivity (Wildman–Crippen MR) is 296 cm³/mol. The van der Waals surface area contributed by atoms with Gasteiger partial charge < -0.3 is 14.0 Å². The Bertz CT molecular complexity index is 4010. The zero-order valence-corrected chi connectivity index (χ0v) is 39.7. The van der Waals surface area contributed by atoms with Gasteiger partial charge in [0.2, 0.25) is 0 Å². The Morgan fingerprint density at radius 2 is 0.971 bits per heavy atom. The molecule has 2 aliphatic rings. The van der Waals surface area contributed by atoms with Gasteiger partial charge in [0.15, 0.2) is 0 Å². The maximum atomic E-state index is 2.55. The van der Waals surface area contributed by atoms with Crippen molar-refractivity contribution in [3.05, 3.63) is 235 Å². The van der Waals surface area contributed by atoms with Gasteiger partial charge in [-0.3, -0.25) is 0 Å². The van der Waals surface area contributed by atoms with Crippen molar-refractivity contribution < 1.29 is 0 Å². The number of anilines is 3. The van der Waals surface area contributed by atoms with Gasteiger partial charge in [-0.25, -0.2) is 0 Å². The molecule has 0 saturated heterocycles. The highest BCUT2D eigenvalue weighted by molar-refractivity contribution is 6.13. The number of fused-ring (bicyclic) bond motifs is 10. The summed E-state index contributed by atoms with van der Waals surface area (Å²) in [4.78, 5) is 2.43. The molecule has 2 aromatic heterocycles. The fourth-order valence-corrected chi connectivity index (χ4v) is 12.6. The van der Waals surface area contributed by atoms with Crippen LogP contribution >= 0.6 is 0 Å². The van der Waals surface area contributed by atoms with Gasteiger partial charge >= 0.3 is 0 Å². The van der Waals surface area contributed by atoms with Gasteiger partial charge in [0, 0.05) is 55.1 Å². The first-order valence-electron chi connectivity index (χ1n) is 25.3. The number of benzene rings is 10. The maximum Gasteiger partial charge on any atom is 0.0541 e. The lowest BCUT2D eigenvalue weighted by atomic mass is 9.82. The number of hydrogen-bond donors (Lipinski definition) is 0. The molecule has 1 fully saturated rings. The summed E-state index contributed by atoms with van der Waals surface area (Å²) >= 11 is 0. The molecule has 12 aromatic rings. The van der Waals surface area contributed by atoms with E-state index in [2.05, 4.69) is 246 Å². The molecule has 0 aliphatic heterocycles. The first kappa shape index (κ1) is 40.9. The van der Waals surface area contributed by atoms with E-state index >= 15 is 0 Å². The number of aromatic nitrogens is 2. The Labute approximate surface area is 409 Å². The second kappa shape index (κ2) is 16.0. The van der Waals surface area contributed by atoms with Crippen LogP contribution in [0.4, 0.5) is 17.1 Å². The van der Waals surface area contributed by atoms with Gasteiger partial charge in [0.25, 0.3) is 0 Å². The monoisotopic (exact) mass is 899 g/mol. The zero-order chi connectivity index (χ0) is 46.5. The average molecular weight is 900 g/mol. The second-order valence-electron chi connectivity index (χ2n) is 20.4. The predicted octanol–water partition coefficient (Wildman–Crippen LogP) is 18.5. The van der Waals surface area contributed by atoms with Crippen molar-refractivity contribution in [2.24, 2.45) is 0 Å². The summed E-state index contributed by atoms with van der Waals surface area (Å²) in [5.74, 6) is 0.617. The average Bonchev–Trinajstić information content (AvgIpc) is 4.01. The molecule has 0 bridgehead atoms. The van der Waals surface area contributed by atoms with Gasteiger partial charge in [0.1, 0.15) is 0 Å². The van der Waals surface area contributed by atoms with Crippen molar-refractivity contribution in [3.8, 4) is 33.6 Å². The van der Waals surface area contributed by atoms with Crippen LogP contribution < -0.4 is 4.90 Å². The third kappa shape index (κ3) is 6.34. The van der Waals surface area contributed by atoms with E-state index in [-0.39, 0.29) is 5.41 Å². The lowest BCUT2D eigenvalue weighted by molar-refractivity contribution is 0.444. The molecule has 3 nitrogen and oxygen atoms in total. The van der Waals surface area contributed by atoms with Crippen LogP contribution in [0.5, 0.6) is 0 Å². The Morgan fingerprint density at radius 3 is 1.73 bits per heavy atom. The van der Waals surface area contributed by atoms with Crippen LogP contribution in [0.1, 0.15) is 68.6 Å². The first-order chi connectivity index (χ1) is 34.5. The fraction of sp³-hybridized carbons (Fsp3) is 0.134. The molecule has 2 aliphatic carbocycles. The van der Waals surface area contributed by atoms with Gasteiger partial charge in [-0.15, -0.1) is 0 Å². The molecular weight excluding hydrogens is 847 g/mol. The molecule has 0 atom stereocenters. The summed E-state index contributed by atoms with van der Waals surface area (Å²) in [5, 5.41) is 7.66. The quantitative estimate of drug-likeness (QED) is 0.155. The van der Waals surface area contributed by atoms with Crippen molar-refractivity contribution in [2.75, 3.05) is 4.90 Å². The summed E-state index contributed by atoms with van der Waals surface area (Å²) in [5.41, 5.74) is 19.9. The number of rotatable bonds is 7. The zero-order valence-electron chi connectivity index (χ0n) is 39.7. The van der Waals surface area contributed by atoms with E-state index in [4.69, 9.17) is 0 Å². The van der Waals surface area contributed by atoms with Crippen LogP contribution in [-0.2, 0) is 5.41 Å². The molecule has 0 unspecified atom stereocenters. The van der Waals surface area contributed by atoms with Crippen molar-refractivity contribution >= 4 is 71.4 Å². The minimum absolute atomic E-state index is 0.236. The van der Waals surface area contributed by atoms with E-state index in [0.717, 1.165) is 11.4 Å². The largest absolute Gasteiger partial charge is 0.310 e. The molecular formula is C67H53N3. The third-order valence-electron chi connectivity index (χ3n) is 16.1. The first-order valence-corrected chi connectivity index (χ1v) is 25.3.